The maximum atomic E-state index is 13.5. The Kier molecular flexibility index (Phi) is 4.64. The molecule has 0 spiro atoms. The molecule has 0 amide bonds. The van der Waals surface area contributed by atoms with Gasteiger partial charge in [-0.05, 0) is 49.6 Å². The molecule has 0 unspecified atom stereocenters. The van der Waals surface area contributed by atoms with E-state index in [9.17, 15) is 4.39 Å². The molecular formula is C22H20FN3O. The zero-order chi connectivity index (χ0) is 18.8. The Labute approximate surface area is 157 Å². The van der Waals surface area contributed by atoms with Crippen molar-refractivity contribution in [2.75, 3.05) is 18.0 Å². The average Bonchev–Trinajstić information content (AvgIpc) is 3.20. The van der Waals surface area contributed by atoms with Gasteiger partial charge in [-0.2, -0.15) is 5.26 Å². The highest BCUT2D eigenvalue weighted by Crippen LogP contribution is 2.30. The van der Waals surface area contributed by atoms with E-state index in [1.165, 1.54) is 36.7 Å². The van der Waals surface area contributed by atoms with Crippen molar-refractivity contribution in [2.24, 2.45) is 0 Å². The van der Waals surface area contributed by atoms with Crippen LogP contribution in [0.2, 0.25) is 0 Å². The smallest absolute Gasteiger partial charge is 0.140 e. The van der Waals surface area contributed by atoms with E-state index >= 15 is 0 Å². The first-order valence-electron chi connectivity index (χ1n) is 9.12. The molecule has 0 N–H and O–H groups in total. The topological polar surface area (TPSA) is 49.1 Å². The summed E-state index contributed by atoms with van der Waals surface area (Å²) >= 11 is 0. The van der Waals surface area contributed by atoms with Crippen LogP contribution < -0.4 is 9.64 Å². The highest BCUT2D eigenvalue weighted by Gasteiger charge is 2.16. The van der Waals surface area contributed by atoms with Crippen molar-refractivity contribution >= 4 is 16.6 Å². The third-order valence-corrected chi connectivity index (χ3v) is 4.89. The van der Waals surface area contributed by atoms with Crippen molar-refractivity contribution in [2.45, 2.75) is 26.4 Å². The second kappa shape index (κ2) is 7.24. The molecule has 1 aliphatic heterocycles. The fraction of sp³-hybridized carbons (Fsp3) is 0.273. The van der Waals surface area contributed by atoms with Crippen molar-refractivity contribution in [1.82, 2.24) is 4.98 Å². The van der Waals surface area contributed by atoms with Crippen LogP contribution in [-0.2, 0) is 6.61 Å². The molecule has 1 fully saturated rings. The van der Waals surface area contributed by atoms with E-state index in [1.54, 1.807) is 0 Å². The highest BCUT2D eigenvalue weighted by molar-refractivity contribution is 5.92. The number of halogens is 1. The average molecular weight is 361 g/mol. The molecule has 2 heterocycles. The molecule has 27 heavy (non-hydrogen) atoms. The van der Waals surface area contributed by atoms with E-state index in [0.717, 1.165) is 35.2 Å². The number of nitrogens with zero attached hydrogens (tertiary/aromatic N) is 3. The van der Waals surface area contributed by atoms with Gasteiger partial charge in [0.25, 0.3) is 0 Å². The summed E-state index contributed by atoms with van der Waals surface area (Å²) in [6.45, 7) is 4.43. The molecule has 4 rings (SSSR count). The van der Waals surface area contributed by atoms with Crippen LogP contribution in [0.15, 0.2) is 42.5 Å². The molecule has 5 heteroatoms. The van der Waals surface area contributed by atoms with E-state index in [1.807, 2.05) is 25.1 Å². The number of aromatic nitrogens is 1. The first-order chi connectivity index (χ1) is 13.1. The summed E-state index contributed by atoms with van der Waals surface area (Å²) in [6.07, 6.45) is 2.45. The fourth-order valence-electron chi connectivity index (χ4n) is 3.56. The Morgan fingerprint density at radius 2 is 1.96 bits per heavy atom. The maximum absolute atomic E-state index is 13.5. The van der Waals surface area contributed by atoms with Gasteiger partial charge < -0.3 is 9.64 Å². The van der Waals surface area contributed by atoms with Crippen molar-refractivity contribution < 1.29 is 9.13 Å². The largest absolute Gasteiger partial charge is 0.487 e. The molecule has 0 aliphatic carbocycles. The number of hydrogen-bond acceptors (Lipinski definition) is 4. The first kappa shape index (κ1) is 17.3. The highest BCUT2D eigenvalue weighted by atomic mass is 19.1. The lowest BCUT2D eigenvalue weighted by Crippen LogP contribution is -2.18. The summed E-state index contributed by atoms with van der Waals surface area (Å²) < 4.78 is 19.2. The Bertz CT molecular complexity index is 1040. The minimum atomic E-state index is -0.421. The quantitative estimate of drug-likeness (QED) is 0.674. The Hall–Kier alpha value is -3.13. The predicted molar refractivity (Wildman–Crippen MR) is 103 cm³/mol. The number of hydrogen-bond donors (Lipinski definition) is 0. The zero-order valence-electron chi connectivity index (χ0n) is 15.2. The van der Waals surface area contributed by atoms with Crippen molar-refractivity contribution in [3.8, 4) is 11.8 Å². The number of benzene rings is 2. The minimum absolute atomic E-state index is 0.253. The third-order valence-electron chi connectivity index (χ3n) is 4.89. The molecule has 136 valence electrons. The number of nitriles is 1. The number of ether oxygens (including phenoxy) is 1. The second-order valence-electron chi connectivity index (χ2n) is 6.87. The predicted octanol–water partition coefficient (Wildman–Crippen LogP) is 4.73. The lowest BCUT2D eigenvalue weighted by molar-refractivity contribution is 0.304. The maximum Gasteiger partial charge on any atom is 0.140 e. The Balaban J connectivity index is 1.62. The SMILES string of the molecule is Cc1cc(N2CCCC2)c2ccc(COc3cc(F)ccc3C#N)cc2n1. The van der Waals surface area contributed by atoms with Crippen LogP contribution in [0.1, 0.15) is 29.7 Å². The van der Waals surface area contributed by atoms with Crippen LogP contribution in [0.3, 0.4) is 0 Å². The molecule has 1 aromatic heterocycles. The van der Waals surface area contributed by atoms with Crippen LogP contribution in [0, 0.1) is 24.1 Å². The van der Waals surface area contributed by atoms with Crippen LogP contribution in [0.5, 0.6) is 5.75 Å². The molecule has 0 radical (unpaired) electrons. The summed E-state index contributed by atoms with van der Waals surface area (Å²) in [4.78, 5) is 7.09. The molecule has 1 aliphatic rings. The normalized spacial score (nSPS) is 13.7. The summed E-state index contributed by atoms with van der Waals surface area (Å²) in [5.74, 6) is -0.164. The lowest BCUT2D eigenvalue weighted by Gasteiger charge is -2.20. The van der Waals surface area contributed by atoms with Crippen molar-refractivity contribution in [3.63, 3.8) is 0 Å². The Morgan fingerprint density at radius 1 is 1.15 bits per heavy atom. The summed E-state index contributed by atoms with van der Waals surface area (Å²) in [7, 11) is 0. The number of aryl methyl sites for hydroxylation is 1. The molecule has 4 nitrogen and oxygen atoms in total. The molecular weight excluding hydrogens is 341 g/mol. The fourth-order valence-corrected chi connectivity index (χ4v) is 3.56. The molecule has 0 bridgehead atoms. The van der Waals surface area contributed by atoms with Crippen LogP contribution in [-0.4, -0.2) is 18.1 Å². The van der Waals surface area contributed by atoms with E-state index in [0.29, 0.717) is 5.56 Å². The van der Waals surface area contributed by atoms with Crippen molar-refractivity contribution in [1.29, 1.82) is 5.26 Å². The zero-order valence-corrected chi connectivity index (χ0v) is 15.2. The standard InChI is InChI=1S/C22H20FN3O/c1-15-10-21(26-8-2-3-9-26)19-7-4-16(11-20(19)25-15)14-27-22-12-18(23)6-5-17(22)13-24/h4-7,10-12H,2-3,8-9,14H2,1H3. The number of rotatable bonds is 4. The molecule has 0 saturated carbocycles. The van der Waals surface area contributed by atoms with Gasteiger partial charge in [-0.15, -0.1) is 0 Å². The lowest BCUT2D eigenvalue weighted by atomic mass is 10.1. The summed E-state index contributed by atoms with van der Waals surface area (Å²) in [5.41, 5.74) is 4.40. The summed E-state index contributed by atoms with van der Waals surface area (Å²) in [6, 6.07) is 14.2. The van der Waals surface area contributed by atoms with Gasteiger partial charge in [0.2, 0.25) is 0 Å². The van der Waals surface area contributed by atoms with Gasteiger partial charge in [-0.3, -0.25) is 4.98 Å². The van der Waals surface area contributed by atoms with E-state index in [2.05, 4.69) is 22.0 Å². The van der Waals surface area contributed by atoms with Gasteiger partial charge in [-0.25, -0.2) is 4.39 Å². The van der Waals surface area contributed by atoms with Crippen LogP contribution in [0.4, 0.5) is 10.1 Å². The van der Waals surface area contributed by atoms with Crippen LogP contribution >= 0.6 is 0 Å². The monoisotopic (exact) mass is 361 g/mol. The number of anilines is 1. The molecule has 3 aromatic rings. The van der Waals surface area contributed by atoms with Gasteiger partial charge in [0, 0.05) is 35.9 Å². The van der Waals surface area contributed by atoms with Crippen LogP contribution in [0.25, 0.3) is 10.9 Å². The van der Waals surface area contributed by atoms with Gasteiger partial charge in [0.1, 0.15) is 24.2 Å². The second-order valence-corrected chi connectivity index (χ2v) is 6.87. The molecule has 1 saturated heterocycles. The minimum Gasteiger partial charge on any atom is -0.487 e. The van der Waals surface area contributed by atoms with Gasteiger partial charge >= 0.3 is 0 Å². The number of fused-ring (bicyclic) bond motifs is 1. The van der Waals surface area contributed by atoms with Gasteiger partial charge in [0.05, 0.1) is 11.1 Å². The molecule has 2 aromatic carbocycles. The first-order valence-corrected chi connectivity index (χ1v) is 9.12. The molecule has 0 atom stereocenters. The van der Waals surface area contributed by atoms with E-state index < -0.39 is 5.82 Å². The summed E-state index contributed by atoms with van der Waals surface area (Å²) in [5, 5.41) is 10.3. The Morgan fingerprint density at radius 3 is 2.74 bits per heavy atom. The van der Waals surface area contributed by atoms with Gasteiger partial charge in [-0.1, -0.05) is 12.1 Å². The number of pyridine rings is 1. The van der Waals surface area contributed by atoms with Gasteiger partial charge in [0.15, 0.2) is 0 Å². The third kappa shape index (κ3) is 3.56. The van der Waals surface area contributed by atoms with E-state index in [4.69, 9.17) is 10.00 Å². The van der Waals surface area contributed by atoms with E-state index in [-0.39, 0.29) is 12.4 Å². The van der Waals surface area contributed by atoms with Crippen molar-refractivity contribution in [3.05, 3.63) is 65.1 Å².